The van der Waals surface area contributed by atoms with Gasteiger partial charge in [-0.25, -0.2) is 0 Å². The Labute approximate surface area is 88.6 Å². The van der Waals surface area contributed by atoms with E-state index in [1.54, 1.807) is 6.92 Å². The van der Waals surface area contributed by atoms with E-state index >= 15 is 0 Å². The molecule has 1 saturated carbocycles. The Bertz CT molecular complexity index is 191. The second kappa shape index (κ2) is 6.13. The van der Waals surface area contributed by atoms with Gasteiger partial charge >= 0.3 is 5.97 Å². The van der Waals surface area contributed by atoms with Crippen LogP contribution in [-0.4, -0.2) is 18.4 Å². The average molecular weight is 251 g/mol. The summed E-state index contributed by atoms with van der Waals surface area (Å²) >= 11 is 0. The summed E-state index contributed by atoms with van der Waals surface area (Å²) in [5.41, 5.74) is 0. The highest BCUT2D eigenvalue weighted by Crippen LogP contribution is 2.21. The first-order valence-electron chi connectivity index (χ1n) is 4.45. The number of hydrogen-bond acceptors (Lipinski definition) is 3. The van der Waals surface area contributed by atoms with Gasteiger partial charge in [-0.2, -0.15) is 0 Å². The molecule has 13 heavy (non-hydrogen) atoms. The Hall–Kier alpha value is -0.380. The van der Waals surface area contributed by atoms with Crippen molar-refractivity contribution >= 4 is 28.7 Å². The van der Waals surface area contributed by atoms with E-state index < -0.39 is 5.92 Å². The maximum atomic E-state index is 11.2. The third-order valence-corrected chi connectivity index (χ3v) is 2.13. The van der Waals surface area contributed by atoms with Gasteiger partial charge in [0.05, 0.1) is 6.61 Å². The largest absolute Gasteiger partial charge is 0.465 e. The Balaban J connectivity index is 0.00000144. The zero-order valence-electron chi connectivity index (χ0n) is 7.75. The summed E-state index contributed by atoms with van der Waals surface area (Å²) in [7, 11) is 0. The number of rotatable bonds is 2. The number of hydrogen-bond donors (Lipinski definition) is 0. The predicted molar refractivity (Wildman–Crippen MR) is 53.9 cm³/mol. The molecule has 1 aliphatic carbocycles. The second-order valence-corrected chi connectivity index (χ2v) is 3.02. The molecule has 0 radical (unpaired) electrons. The van der Waals surface area contributed by atoms with Crippen molar-refractivity contribution in [3.8, 4) is 0 Å². The summed E-state index contributed by atoms with van der Waals surface area (Å²) in [5, 5.41) is 0. The highest BCUT2D eigenvalue weighted by Gasteiger charge is 2.29. The lowest BCUT2D eigenvalue weighted by Crippen LogP contribution is -2.28. The average Bonchev–Trinajstić information content (AvgIpc) is 2.05. The van der Waals surface area contributed by atoms with Gasteiger partial charge in [-0.1, -0.05) is 6.42 Å². The van der Waals surface area contributed by atoms with Crippen molar-refractivity contribution in [3.63, 3.8) is 0 Å². The van der Waals surface area contributed by atoms with Crippen molar-refractivity contribution in [3.05, 3.63) is 0 Å². The van der Waals surface area contributed by atoms with Crippen LogP contribution in [0.5, 0.6) is 0 Å². The summed E-state index contributed by atoms with van der Waals surface area (Å²) in [5.74, 6) is -0.736. The molecule has 1 rings (SSSR count). The first-order chi connectivity index (χ1) is 5.75. The smallest absolute Gasteiger partial charge is 0.316 e. The number of carbonyl (C=O) groups is 2. The fraction of sp³-hybridized carbons (Fsp3) is 0.778. The van der Waals surface area contributed by atoms with E-state index in [1.807, 2.05) is 0 Å². The van der Waals surface area contributed by atoms with Gasteiger partial charge in [0.1, 0.15) is 11.7 Å². The minimum absolute atomic E-state index is 0. The van der Waals surface area contributed by atoms with E-state index in [0.717, 1.165) is 12.8 Å². The minimum Gasteiger partial charge on any atom is -0.465 e. The van der Waals surface area contributed by atoms with Gasteiger partial charge in [0.15, 0.2) is 0 Å². The third kappa shape index (κ3) is 3.46. The molecule has 76 valence electrons. The van der Waals surface area contributed by atoms with Crippen molar-refractivity contribution in [1.29, 1.82) is 0 Å². The van der Waals surface area contributed by atoms with E-state index in [9.17, 15) is 9.59 Å². The molecule has 0 heterocycles. The molecule has 1 atom stereocenters. The summed E-state index contributed by atoms with van der Waals surface area (Å²) in [4.78, 5) is 22.4. The summed E-state index contributed by atoms with van der Waals surface area (Å²) in [6, 6.07) is 0. The molecule has 0 amide bonds. The molecule has 1 aliphatic rings. The maximum absolute atomic E-state index is 11.2. The van der Waals surface area contributed by atoms with Crippen molar-refractivity contribution in [2.24, 2.45) is 5.92 Å². The standard InChI is InChI=1S/C9H14O3.BrH/c1-2-12-9(11)7-5-3-4-6-8(7)10;/h7H,2-6H2,1H3;1H. The summed E-state index contributed by atoms with van der Waals surface area (Å²) < 4.78 is 4.79. The third-order valence-electron chi connectivity index (χ3n) is 2.13. The van der Waals surface area contributed by atoms with Gasteiger partial charge in [-0.15, -0.1) is 17.0 Å². The van der Waals surface area contributed by atoms with Crippen LogP contribution in [0.15, 0.2) is 0 Å². The highest BCUT2D eigenvalue weighted by molar-refractivity contribution is 8.93. The molecule has 4 heteroatoms. The Morgan fingerprint density at radius 2 is 2.23 bits per heavy atom. The van der Waals surface area contributed by atoms with E-state index in [-0.39, 0.29) is 28.7 Å². The highest BCUT2D eigenvalue weighted by atomic mass is 79.9. The molecule has 3 nitrogen and oxygen atoms in total. The van der Waals surface area contributed by atoms with Crippen LogP contribution in [0.3, 0.4) is 0 Å². The molecule has 0 aromatic rings. The zero-order valence-corrected chi connectivity index (χ0v) is 9.46. The Morgan fingerprint density at radius 3 is 2.77 bits per heavy atom. The number of esters is 1. The number of ether oxygens (including phenoxy) is 1. The summed E-state index contributed by atoms with van der Waals surface area (Å²) in [6.45, 7) is 2.12. The molecular weight excluding hydrogens is 236 g/mol. The summed E-state index contributed by atoms with van der Waals surface area (Å²) in [6.07, 6.45) is 3.12. The molecule has 0 N–H and O–H groups in total. The van der Waals surface area contributed by atoms with Crippen molar-refractivity contribution in [2.45, 2.75) is 32.6 Å². The van der Waals surface area contributed by atoms with Gasteiger partial charge in [-0.3, -0.25) is 9.59 Å². The van der Waals surface area contributed by atoms with Crippen LogP contribution >= 0.6 is 17.0 Å². The first-order valence-corrected chi connectivity index (χ1v) is 4.45. The fourth-order valence-electron chi connectivity index (χ4n) is 1.48. The van der Waals surface area contributed by atoms with Crippen LogP contribution in [0.2, 0.25) is 0 Å². The molecule has 0 spiro atoms. The molecule has 0 aliphatic heterocycles. The van der Waals surface area contributed by atoms with E-state index in [4.69, 9.17) is 4.74 Å². The number of halogens is 1. The zero-order chi connectivity index (χ0) is 8.97. The van der Waals surface area contributed by atoms with Gasteiger partial charge in [0.25, 0.3) is 0 Å². The molecule has 0 aromatic heterocycles. The van der Waals surface area contributed by atoms with E-state index in [1.165, 1.54) is 0 Å². The maximum Gasteiger partial charge on any atom is 0.316 e. The van der Waals surface area contributed by atoms with Crippen LogP contribution < -0.4 is 0 Å². The topological polar surface area (TPSA) is 43.4 Å². The van der Waals surface area contributed by atoms with Crippen molar-refractivity contribution < 1.29 is 14.3 Å². The van der Waals surface area contributed by atoms with Gasteiger partial charge < -0.3 is 4.74 Å². The van der Waals surface area contributed by atoms with Gasteiger partial charge in [0.2, 0.25) is 0 Å². The number of carbonyl (C=O) groups excluding carboxylic acids is 2. The van der Waals surface area contributed by atoms with Crippen LogP contribution in [0, 0.1) is 5.92 Å². The fourth-order valence-corrected chi connectivity index (χ4v) is 1.48. The lowest BCUT2D eigenvalue weighted by Gasteiger charge is -2.18. The number of Topliss-reactive ketones (excluding diaryl/α,β-unsaturated/α-hetero) is 1. The van der Waals surface area contributed by atoms with Crippen LogP contribution in [0.4, 0.5) is 0 Å². The van der Waals surface area contributed by atoms with Crippen molar-refractivity contribution in [2.75, 3.05) is 6.61 Å². The van der Waals surface area contributed by atoms with E-state index in [2.05, 4.69) is 0 Å². The molecule has 0 saturated heterocycles. The minimum atomic E-state index is -0.460. The van der Waals surface area contributed by atoms with Gasteiger partial charge in [-0.05, 0) is 19.8 Å². The first kappa shape index (κ1) is 12.6. The molecule has 1 fully saturated rings. The molecule has 0 bridgehead atoms. The lowest BCUT2D eigenvalue weighted by atomic mass is 9.88. The Kier molecular flexibility index (Phi) is 5.95. The number of ketones is 1. The Morgan fingerprint density at radius 1 is 1.54 bits per heavy atom. The van der Waals surface area contributed by atoms with Gasteiger partial charge in [0, 0.05) is 6.42 Å². The lowest BCUT2D eigenvalue weighted by molar-refractivity contribution is -0.152. The van der Waals surface area contributed by atoms with Crippen molar-refractivity contribution in [1.82, 2.24) is 0 Å². The monoisotopic (exact) mass is 250 g/mol. The van der Waals surface area contributed by atoms with Crippen LogP contribution in [0.1, 0.15) is 32.6 Å². The quantitative estimate of drug-likeness (QED) is 0.556. The molecule has 0 aromatic carbocycles. The predicted octanol–water partition coefficient (Wildman–Crippen LogP) is 1.89. The SMILES string of the molecule is Br.CCOC(=O)C1CCCCC1=O. The molecule has 1 unspecified atom stereocenters. The second-order valence-electron chi connectivity index (χ2n) is 3.02. The van der Waals surface area contributed by atoms with Crippen LogP contribution in [0.25, 0.3) is 0 Å². The molecular formula is C9H15BrO3. The van der Waals surface area contributed by atoms with E-state index in [0.29, 0.717) is 19.4 Å². The normalized spacial score (nSPS) is 21.9. The van der Waals surface area contributed by atoms with Crippen LogP contribution in [-0.2, 0) is 14.3 Å².